The average molecular weight is 266 g/mol. The van der Waals surface area contributed by atoms with E-state index in [0.29, 0.717) is 18.5 Å². The van der Waals surface area contributed by atoms with Crippen molar-refractivity contribution in [3.8, 4) is 0 Å². The third kappa shape index (κ3) is 1.72. The lowest BCUT2D eigenvalue weighted by Crippen LogP contribution is -2.31. The molecule has 3 heterocycles. The van der Waals surface area contributed by atoms with Crippen molar-refractivity contribution in [3.05, 3.63) is 47.7 Å². The van der Waals surface area contributed by atoms with Crippen LogP contribution in [0.2, 0.25) is 0 Å². The molecule has 0 saturated carbocycles. The lowest BCUT2D eigenvalue weighted by molar-refractivity contribution is 0.306. The van der Waals surface area contributed by atoms with Gasteiger partial charge in [0.05, 0.1) is 18.3 Å². The van der Waals surface area contributed by atoms with Gasteiger partial charge in [-0.05, 0) is 12.2 Å². The summed E-state index contributed by atoms with van der Waals surface area (Å²) < 4.78 is 0. The Bertz CT molecular complexity index is 672. The molecular formula is C14H14N6. The number of rotatable bonds is 1. The first-order chi connectivity index (χ1) is 9.81. The maximum absolute atomic E-state index is 4.46. The molecule has 0 aromatic carbocycles. The molecule has 0 spiro atoms. The molecule has 1 aromatic heterocycles. The molecule has 0 saturated heterocycles. The Morgan fingerprint density at radius 3 is 3.15 bits per heavy atom. The van der Waals surface area contributed by atoms with Gasteiger partial charge >= 0.3 is 0 Å². The van der Waals surface area contributed by atoms with Gasteiger partial charge in [-0.15, -0.1) is 0 Å². The zero-order chi connectivity index (χ0) is 13.5. The van der Waals surface area contributed by atoms with E-state index in [-0.39, 0.29) is 0 Å². The van der Waals surface area contributed by atoms with Gasteiger partial charge in [0, 0.05) is 37.3 Å². The number of fused-ring (bicyclic) bond motifs is 2. The summed E-state index contributed by atoms with van der Waals surface area (Å²) in [5, 5.41) is 9.63. The zero-order valence-electron chi connectivity index (χ0n) is 11.1. The number of hydrazone groups is 1. The Labute approximate surface area is 116 Å². The standard InChI is InChI=1S/C14H14N6/c1-20-12-3-2-10(6-9(12)7-18-20)19-14-13-11(8-17-14)15-4-5-16-13/h2-7,9,12H,8H2,1H3,(H,17,19). The number of amidine groups is 1. The molecule has 3 aliphatic rings. The summed E-state index contributed by atoms with van der Waals surface area (Å²) in [4.78, 5) is 13.1. The lowest BCUT2D eigenvalue weighted by Gasteiger charge is -2.23. The quantitative estimate of drug-likeness (QED) is 0.812. The van der Waals surface area contributed by atoms with Crippen LogP contribution >= 0.6 is 0 Å². The van der Waals surface area contributed by atoms with Crippen LogP contribution in [0.4, 0.5) is 0 Å². The van der Waals surface area contributed by atoms with Gasteiger partial charge in [-0.3, -0.25) is 15.0 Å². The summed E-state index contributed by atoms with van der Waals surface area (Å²) in [6.07, 6.45) is 11.8. The number of hydrogen-bond donors (Lipinski definition) is 1. The van der Waals surface area contributed by atoms with Crippen LogP contribution in [0.5, 0.6) is 0 Å². The number of aliphatic imine (C=N–C) groups is 1. The summed E-state index contributed by atoms with van der Waals surface area (Å²) in [6, 6.07) is 0.332. The smallest absolute Gasteiger partial charge is 0.154 e. The third-order valence-electron chi connectivity index (χ3n) is 3.74. The normalized spacial score (nSPS) is 26.1. The van der Waals surface area contributed by atoms with Crippen molar-refractivity contribution in [2.75, 3.05) is 7.05 Å². The molecule has 2 atom stereocenters. The Morgan fingerprint density at radius 1 is 1.30 bits per heavy atom. The summed E-state index contributed by atoms with van der Waals surface area (Å²) >= 11 is 0. The molecule has 100 valence electrons. The maximum Gasteiger partial charge on any atom is 0.154 e. The highest BCUT2D eigenvalue weighted by atomic mass is 15.5. The lowest BCUT2D eigenvalue weighted by atomic mass is 9.95. The van der Waals surface area contributed by atoms with E-state index in [9.17, 15) is 0 Å². The third-order valence-corrected chi connectivity index (χ3v) is 3.74. The van der Waals surface area contributed by atoms with Gasteiger partial charge in [0.25, 0.3) is 0 Å². The van der Waals surface area contributed by atoms with E-state index in [0.717, 1.165) is 22.9 Å². The zero-order valence-corrected chi connectivity index (χ0v) is 11.1. The Balaban J connectivity index is 1.56. The molecule has 0 fully saturated rings. The van der Waals surface area contributed by atoms with Gasteiger partial charge in [-0.25, -0.2) is 4.98 Å². The van der Waals surface area contributed by atoms with E-state index >= 15 is 0 Å². The molecule has 2 unspecified atom stereocenters. The molecular weight excluding hydrogens is 252 g/mol. The van der Waals surface area contributed by atoms with E-state index < -0.39 is 0 Å². The van der Waals surface area contributed by atoms with Gasteiger partial charge in [-0.2, -0.15) is 5.10 Å². The van der Waals surface area contributed by atoms with Crippen molar-refractivity contribution >= 4 is 12.1 Å². The van der Waals surface area contributed by atoms with Gasteiger partial charge in [0.1, 0.15) is 5.69 Å². The van der Waals surface area contributed by atoms with Crippen molar-refractivity contribution < 1.29 is 0 Å². The van der Waals surface area contributed by atoms with Crippen molar-refractivity contribution in [1.82, 2.24) is 20.3 Å². The van der Waals surface area contributed by atoms with Crippen LogP contribution in [-0.4, -0.2) is 40.1 Å². The molecule has 6 nitrogen and oxygen atoms in total. The summed E-state index contributed by atoms with van der Waals surface area (Å²) in [6.45, 7) is 0.596. The highest BCUT2D eigenvalue weighted by Gasteiger charge is 2.28. The molecule has 6 heteroatoms. The number of nitrogens with one attached hydrogen (secondary N) is 1. The molecule has 20 heavy (non-hydrogen) atoms. The first-order valence-corrected chi connectivity index (χ1v) is 6.60. The summed E-state index contributed by atoms with van der Waals surface area (Å²) in [5.41, 5.74) is 2.81. The van der Waals surface area contributed by atoms with Crippen molar-refractivity contribution in [1.29, 1.82) is 0 Å². The topological polar surface area (TPSA) is 65.8 Å². The van der Waals surface area contributed by atoms with Crippen molar-refractivity contribution in [2.45, 2.75) is 12.6 Å². The summed E-state index contributed by atoms with van der Waals surface area (Å²) in [5.74, 6) is 1.11. The molecule has 1 aromatic rings. The fourth-order valence-electron chi connectivity index (χ4n) is 2.68. The van der Waals surface area contributed by atoms with Crippen LogP contribution in [0.25, 0.3) is 0 Å². The number of aromatic nitrogens is 2. The van der Waals surface area contributed by atoms with Gasteiger partial charge < -0.3 is 5.32 Å². The van der Waals surface area contributed by atoms with Crippen molar-refractivity contribution in [2.24, 2.45) is 16.0 Å². The SMILES string of the molecule is CN1N=CC2C=C(NC3=NCc4nccnc43)C=CC21. The molecule has 4 rings (SSSR count). The highest BCUT2D eigenvalue weighted by Crippen LogP contribution is 2.24. The second-order valence-corrected chi connectivity index (χ2v) is 5.03. The van der Waals surface area contributed by atoms with Gasteiger partial charge in [0.2, 0.25) is 0 Å². The van der Waals surface area contributed by atoms with Gasteiger partial charge in [-0.1, -0.05) is 6.08 Å². The van der Waals surface area contributed by atoms with E-state index in [1.165, 1.54) is 0 Å². The molecule has 1 N–H and O–H groups in total. The Morgan fingerprint density at radius 2 is 2.20 bits per heavy atom. The minimum atomic E-state index is 0.316. The predicted octanol–water partition coefficient (Wildman–Crippen LogP) is 0.696. The number of hydrogen-bond acceptors (Lipinski definition) is 6. The highest BCUT2D eigenvalue weighted by molar-refractivity contribution is 6.01. The second kappa shape index (κ2) is 4.26. The average Bonchev–Trinajstić information content (AvgIpc) is 3.04. The van der Waals surface area contributed by atoms with Gasteiger partial charge in [0.15, 0.2) is 5.84 Å². The fourth-order valence-corrected chi connectivity index (χ4v) is 2.68. The first kappa shape index (κ1) is 11.3. The minimum absolute atomic E-state index is 0.316. The maximum atomic E-state index is 4.46. The largest absolute Gasteiger partial charge is 0.339 e. The fraction of sp³-hybridized carbons (Fsp3) is 0.286. The predicted molar refractivity (Wildman–Crippen MR) is 76.2 cm³/mol. The van der Waals surface area contributed by atoms with Crippen LogP contribution in [0, 0.1) is 5.92 Å². The molecule has 0 radical (unpaired) electrons. The Kier molecular flexibility index (Phi) is 2.42. The number of nitrogens with zero attached hydrogens (tertiary/aromatic N) is 5. The monoisotopic (exact) mass is 266 g/mol. The molecule has 1 aliphatic carbocycles. The van der Waals surface area contributed by atoms with E-state index in [4.69, 9.17) is 0 Å². The first-order valence-electron chi connectivity index (χ1n) is 6.60. The minimum Gasteiger partial charge on any atom is -0.339 e. The molecule has 0 amide bonds. The van der Waals surface area contributed by atoms with E-state index in [2.05, 4.69) is 43.6 Å². The van der Waals surface area contributed by atoms with Crippen LogP contribution in [0.1, 0.15) is 11.4 Å². The second-order valence-electron chi connectivity index (χ2n) is 5.03. The van der Waals surface area contributed by atoms with Crippen molar-refractivity contribution in [3.63, 3.8) is 0 Å². The van der Waals surface area contributed by atoms with Crippen LogP contribution in [-0.2, 0) is 6.54 Å². The van der Waals surface area contributed by atoms with Crippen LogP contribution in [0.15, 0.2) is 46.4 Å². The molecule has 0 bridgehead atoms. The number of likely N-dealkylation sites (N-methyl/N-ethyl adjacent to an activating group) is 1. The van der Waals surface area contributed by atoms with Crippen LogP contribution < -0.4 is 5.32 Å². The van der Waals surface area contributed by atoms with E-state index in [1.807, 2.05) is 18.3 Å². The Hall–Kier alpha value is -2.50. The summed E-state index contributed by atoms with van der Waals surface area (Å²) in [7, 11) is 1.99. The molecule has 2 aliphatic heterocycles. The van der Waals surface area contributed by atoms with E-state index in [1.54, 1.807) is 12.4 Å². The number of allylic oxidation sites excluding steroid dienone is 1. The van der Waals surface area contributed by atoms with Crippen LogP contribution in [0.3, 0.4) is 0 Å².